The van der Waals surface area contributed by atoms with Crippen LogP contribution in [0.25, 0.3) is 5.57 Å². The van der Waals surface area contributed by atoms with Crippen molar-refractivity contribution in [2.24, 2.45) is 9.98 Å². The number of carbonyl (C=O) groups excluding carboxylic acids is 1. The number of hydrogen-bond acceptors (Lipinski definition) is 3. The van der Waals surface area contributed by atoms with Gasteiger partial charge in [-0.2, -0.15) is 0 Å². The Labute approximate surface area is 154 Å². The minimum Gasteiger partial charge on any atom is -0.497 e. The van der Waals surface area contributed by atoms with Crippen molar-refractivity contribution in [2.45, 2.75) is 12.8 Å². The third kappa shape index (κ3) is 3.38. The van der Waals surface area contributed by atoms with Crippen LogP contribution in [-0.4, -0.2) is 50.6 Å². The summed E-state index contributed by atoms with van der Waals surface area (Å²) >= 11 is 0. The lowest BCUT2D eigenvalue weighted by Gasteiger charge is -2.23. The molecule has 0 spiro atoms. The van der Waals surface area contributed by atoms with E-state index in [1.165, 1.54) is 0 Å². The fourth-order valence-electron chi connectivity index (χ4n) is 3.09. The number of rotatable bonds is 2. The van der Waals surface area contributed by atoms with Crippen LogP contribution in [-0.2, 0) is 4.79 Å². The van der Waals surface area contributed by atoms with Crippen LogP contribution >= 0.6 is 0 Å². The summed E-state index contributed by atoms with van der Waals surface area (Å²) in [7, 11) is 7.15. The predicted molar refractivity (Wildman–Crippen MR) is 106 cm³/mol. The van der Waals surface area contributed by atoms with Gasteiger partial charge in [-0.15, -0.1) is 0 Å². The first-order valence-electron chi connectivity index (χ1n) is 8.60. The maximum absolute atomic E-state index is 13.0. The number of ketones is 1. The number of benzene rings is 1. The molecule has 5 heteroatoms. The van der Waals surface area contributed by atoms with E-state index in [-0.39, 0.29) is 5.78 Å². The molecule has 26 heavy (non-hydrogen) atoms. The van der Waals surface area contributed by atoms with E-state index in [2.05, 4.69) is 11.1 Å². The topological polar surface area (TPSA) is 54.3 Å². The van der Waals surface area contributed by atoms with E-state index in [0.717, 1.165) is 41.0 Å². The average Bonchev–Trinajstić information content (AvgIpc) is 2.67. The van der Waals surface area contributed by atoms with Crippen LogP contribution in [0.2, 0.25) is 0 Å². The van der Waals surface area contributed by atoms with Crippen molar-refractivity contribution in [1.82, 2.24) is 4.90 Å². The molecule has 0 amide bonds. The van der Waals surface area contributed by atoms with Crippen molar-refractivity contribution in [3.05, 3.63) is 59.2 Å². The van der Waals surface area contributed by atoms with Gasteiger partial charge < -0.3 is 9.64 Å². The molecule has 1 aromatic carbocycles. The molecule has 134 valence electrons. The van der Waals surface area contributed by atoms with E-state index in [0.29, 0.717) is 11.5 Å². The number of carbonyl (C=O) groups is 1. The highest BCUT2D eigenvalue weighted by Crippen LogP contribution is 2.33. The summed E-state index contributed by atoms with van der Waals surface area (Å²) in [6.07, 6.45) is 7.76. The Morgan fingerprint density at radius 1 is 1.04 bits per heavy atom. The highest BCUT2D eigenvalue weighted by atomic mass is 16.5. The first-order chi connectivity index (χ1) is 12.5. The first-order valence-corrected chi connectivity index (χ1v) is 8.60. The lowest BCUT2D eigenvalue weighted by molar-refractivity contribution is -0.110. The van der Waals surface area contributed by atoms with Crippen molar-refractivity contribution < 1.29 is 9.53 Å². The van der Waals surface area contributed by atoms with Crippen LogP contribution in [0.3, 0.4) is 0 Å². The molecule has 0 radical (unpaired) electrons. The minimum atomic E-state index is 0.0416. The number of ether oxygens (including phenoxy) is 1. The van der Waals surface area contributed by atoms with Gasteiger partial charge in [0.05, 0.1) is 12.8 Å². The summed E-state index contributed by atoms with van der Waals surface area (Å²) in [4.78, 5) is 23.9. The van der Waals surface area contributed by atoms with Crippen LogP contribution in [0.1, 0.15) is 18.4 Å². The Bertz CT molecular complexity index is 869. The van der Waals surface area contributed by atoms with Crippen molar-refractivity contribution in [2.75, 3.05) is 28.3 Å². The standard InChI is InChI=1S/C21H23N3O2/c1-22-21(24(2)3)23-19-13-18(14-9-11-15(26-4)12-10-14)20(25)17-8-6-5-7-16(17)19/h7-13H,5-6H2,1-4H3/b22-21+,23-19+. The third-order valence-corrected chi connectivity index (χ3v) is 4.42. The lowest BCUT2D eigenvalue weighted by atomic mass is 9.81. The Balaban J connectivity index is 2.13. The molecule has 5 nitrogen and oxygen atoms in total. The monoisotopic (exact) mass is 349 g/mol. The van der Waals surface area contributed by atoms with E-state index in [4.69, 9.17) is 9.73 Å². The Morgan fingerprint density at radius 2 is 1.69 bits per heavy atom. The number of allylic oxidation sites excluding steroid dienone is 6. The zero-order valence-corrected chi connectivity index (χ0v) is 15.6. The number of guanidine groups is 1. The quantitative estimate of drug-likeness (QED) is 0.608. The Kier molecular flexibility index (Phi) is 5.16. The maximum atomic E-state index is 13.0. The minimum absolute atomic E-state index is 0.0416. The van der Waals surface area contributed by atoms with Crippen LogP contribution in [0, 0.1) is 0 Å². The van der Waals surface area contributed by atoms with Gasteiger partial charge in [-0.1, -0.05) is 24.3 Å². The van der Waals surface area contributed by atoms with Crippen molar-refractivity contribution in [1.29, 1.82) is 0 Å². The van der Waals surface area contributed by atoms with E-state index < -0.39 is 0 Å². The zero-order chi connectivity index (χ0) is 18.7. The van der Waals surface area contributed by atoms with Gasteiger partial charge >= 0.3 is 0 Å². The van der Waals surface area contributed by atoms with Crippen LogP contribution in [0.15, 0.2) is 63.6 Å². The molecule has 2 aliphatic rings. The molecule has 2 aliphatic carbocycles. The highest BCUT2D eigenvalue weighted by molar-refractivity contribution is 6.42. The van der Waals surface area contributed by atoms with Gasteiger partial charge in [-0.3, -0.25) is 9.79 Å². The molecule has 0 saturated heterocycles. The van der Waals surface area contributed by atoms with Crippen LogP contribution in [0.5, 0.6) is 5.75 Å². The average molecular weight is 349 g/mol. The van der Waals surface area contributed by atoms with Gasteiger partial charge in [0.1, 0.15) is 5.75 Å². The maximum Gasteiger partial charge on any atom is 0.220 e. The molecular weight excluding hydrogens is 326 g/mol. The summed E-state index contributed by atoms with van der Waals surface area (Å²) in [6.45, 7) is 0. The van der Waals surface area contributed by atoms with Gasteiger partial charge in [0.15, 0.2) is 5.78 Å². The highest BCUT2D eigenvalue weighted by Gasteiger charge is 2.29. The molecule has 0 atom stereocenters. The third-order valence-electron chi connectivity index (χ3n) is 4.42. The predicted octanol–water partition coefficient (Wildman–Crippen LogP) is 3.30. The van der Waals surface area contributed by atoms with Gasteiger partial charge in [0.2, 0.25) is 5.96 Å². The summed E-state index contributed by atoms with van der Waals surface area (Å²) in [5.41, 5.74) is 3.91. The van der Waals surface area contributed by atoms with E-state index in [1.807, 2.05) is 55.4 Å². The summed E-state index contributed by atoms with van der Waals surface area (Å²) < 4.78 is 5.21. The van der Waals surface area contributed by atoms with Crippen molar-refractivity contribution in [3.8, 4) is 5.75 Å². The van der Waals surface area contributed by atoms with Crippen LogP contribution < -0.4 is 4.74 Å². The van der Waals surface area contributed by atoms with E-state index in [1.54, 1.807) is 14.2 Å². The Morgan fingerprint density at radius 3 is 2.27 bits per heavy atom. The fourth-order valence-corrected chi connectivity index (χ4v) is 3.09. The molecule has 1 aromatic rings. The zero-order valence-electron chi connectivity index (χ0n) is 15.6. The number of aliphatic imine (C=N–C) groups is 2. The van der Waals surface area contributed by atoms with E-state index in [9.17, 15) is 4.79 Å². The molecule has 0 saturated carbocycles. The van der Waals surface area contributed by atoms with Crippen molar-refractivity contribution >= 4 is 23.0 Å². The molecular formula is C21H23N3O2. The second-order valence-electron chi connectivity index (χ2n) is 6.34. The van der Waals surface area contributed by atoms with Gasteiger partial charge in [0, 0.05) is 37.9 Å². The Hall–Kier alpha value is -2.95. The molecule has 0 unspecified atom stereocenters. The number of Topliss-reactive ketones (excluding diaryl/α,β-unsaturated/α-hetero) is 1. The molecule has 0 heterocycles. The summed E-state index contributed by atoms with van der Waals surface area (Å²) in [5, 5.41) is 0. The number of methoxy groups -OCH3 is 1. The van der Waals surface area contributed by atoms with Crippen LogP contribution in [0.4, 0.5) is 0 Å². The van der Waals surface area contributed by atoms with Gasteiger partial charge in [0.25, 0.3) is 0 Å². The molecule has 0 aromatic heterocycles. The number of nitrogens with zero attached hydrogens (tertiary/aromatic N) is 3. The van der Waals surface area contributed by atoms with Crippen molar-refractivity contribution in [3.63, 3.8) is 0 Å². The fraction of sp³-hybridized carbons (Fsp3) is 0.286. The lowest BCUT2D eigenvalue weighted by Crippen LogP contribution is -2.25. The second kappa shape index (κ2) is 7.52. The SMILES string of the molecule is C/N=C(\N=C1/C=C(c2ccc(OC)cc2)C(=O)C2=CCCC=C21)N(C)C. The van der Waals surface area contributed by atoms with Gasteiger partial charge in [-0.25, -0.2) is 4.99 Å². The molecule has 0 N–H and O–H groups in total. The summed E-state index contributed by atoms with van der Waals surface area (Å²) in [5.74, 6) is 1.42. The first kappa shape index (κ1) is 17.9. The largest absolute Gasteiger partial charge is 0.497 e. The smallest absolute Gasteiger partial charge is 0.220 e. The molecule has 3 rings (SSSR count). The summed E-state index contributed by atoms with van der Waals surface area (Å²) in [6, 6.07) is 7.53. The number of fused-ring (bicyclic) bond motifs is 1. The molecule has 0 bridgehead atoms. The molecule has 0 aliphatic heterocycles. The van der Waals surface area contributed by atoms with Gasteiger partial charge in [-0.05, 0) is 36.6 Å². The molecule has 0 fully saturated rings. The normalized spacial score (nSPS) is 18.8. The second-order valence-corrected chi connectivity index (χ2v) is 6.34. The number of hydrogen-bond donors (Lipinski definition) is 0. The van der Waals surface area contributed by atoms with E-state index >= 15 is 0 Å².